The fourth-order valence-electron chi connectivity index (χ4n) is 2.60. The van der Waals surface area contributed by atoms with Gasteiger partial charge in [-0.15, -0.1) is 0 Å². The zero-order valence-corrected chi connectivity index (χ0v) is 17.7. The summed E-state index contributed by atoms with van der Waals surface area (Å²) in [5.74, 6) is -0.858. The van der Waals surface area contributed by atoms with Gasteiger partial charge >= 0.3 is 12.1 Å². The number of ether oxygens (including phenoxy) is 2. The predicted molar refractivity (Wildman–Crippen MR) is 101 cm³/mol. The summed E-state index contributed by atoms with van der Waals surface area (Å²) in [4.78, 5) is 25.8. The van der Waals surface area contributed by atoms with Gasteiger partial charge in [0.15, 0.2) is 14.6 Å². The van der Waals surface area contributed by atoms with Crippen LogP contribution in [0.25, 0.3) is 0 Å². The van der Waals surface area contributed by atoms with Crippen LogP contribution in [0.2, 0.25) is 5.02 Å². The molecule has 0 N–H and O–H groups in total. The number of hydrogen-bond donors (Lipinski definition) is 0. The van der Waals surface area contributed by atoms with Gasteiger partial charge in [0.1, 0.15) is 6.10 Å². The molecule has 10 heteroatoms. The van der Waals surface area contributed by atoms with Crippen LogP contribution in [0.5, 0.6) is 0 Å². The van der Waals surface area contributed by atoms with E-state index >= 15 is 0 Å². The molecule has 7 nitrogen and oxygen atoms in total. The van der Waals surface area contributed by atoms with Crippen molar-refractivity contribution in [3.05, 3.63) is 27.7 Å². The molecule has 0 radical (unpaired) electrons. The summed E-state index contributed by atoms with van der Waals surface area (Å²) in [6, 6.07) is 4.97. The number of hydrogen-bond acceptors (Lipinski definition) is 6. The summed E-state index contributed by atoms with van der Waals surface area (Å²) in [5.41, 5.74) is 0.517. The summed E-state index contributed by atoms with van der Waals surface area (Å²) in [5, 5.41) is 0.422. The lowest BCUT2D eigenvalue weighted by Crippen LogP contribution is -2.47. The van der Waals surface area contributed by atoms with E-state index in [1.807, 2.05) is 0 Å². The van der Waals surface area contributed by atoms with Crippen molar-refractivity contribution in [2.75, 3.05) is 24.3 Å². The summed E-state index contributed by atoms with van der Waals surface area (Å²) in [7, 11) is -3.80. The second-order valence-corrected chi connectivity index (χ2v) is 9.85. The number of sulfone groups is 1. The lowest BCUT2D eigenvalue weighted by Gasteiger charge is -2.27. The Kier molecular flexibility index (Phi) is 6.24. The Balaban J connectivity index is 2.23. The quantitative estimate of drug-likeness (QED) is 0.596. The Bertz CT molecular complexity index is 830. The molecule has 2 atom stereocenters. The Morgan fingerprint density at radius 2 is 2.15 bits per heavy atom. The Labute approximate surface area is 165 Å². The number of cyclic esters (lactones) is 1. The lowest BCUT2D eigenvalue weighted by atomic mass is 10.0. The third kappa shape index (κ3) is 4.15. The summed E-state index contributed by atoms with van der Waals surface area (Å²) in [6.45, 7) is 3.03. The van der Waals surface area contributed by atoms with E-state index < -0.39 is 32.8 Å². The van der Waals surface area contributed by atoms with Crippen molar-refractivity contribution in [3.8, 4) is 0 Å². The Morgan fingerprint density at radius 3 is 2.69 bits per heavy atom. The molecule has 26 heavy (non-hydrogen) atoms. The maximum absolute atomic E-state index is 12.2. The summed E-state index contributed by atoms with van der Waals surface area (Å²) < 4.78 is 33.5. The normalized spacial score (nSPS) is 19.8. The molecule has 1 aliphatic heterocycles. The molecule has 1 aromatic rings. The van der Waals surface area contributed by atoms with E-state index in [4.69, 9.17) is 21.1 Å². The molecule has 1 aliphatic rings. The molecule has 1 fully saturated rings. The standard InChI is InChI=1S/C16H19BrClNO6S/c1-4-24-14(20)16(2,26(3,22)23)8-11-9-19(15(21)25-11)10-5-6-12(17)13(18)7-10/h5-7,11H,4,8-9H2,1-3H3. The van der Waals surface area contributed by atoms with Gasteiger partial charge in [0.25, 0.3) is 0 Å². The van der Waals surface area contributed by atoms with Gasteiger partial charge in [0.2, 0.25) is 0 Å². The number of nitrogens with zero attached hydrogens (tertiary/aromatic N) is 1. The number of carbonyl (C=O) groups is 2. The van der Waals surface area contributed by atoms with Crippen LogP contribution in [-0.4, -0.2) is 50.7 Å². The fraction of sp³-hybridized carbons (Fsp3) is 0.500. The number of halogens is 2. The third-order valence-electron chi connectivity index (χ3n) is 4.23. The van der Waals surface area contributed by atoms with Gasteiger partial charge in [0, 0.05) is 22.8 Å². The maximum atomic E-state index is 12.2. The topological polar surface area (TPSA) is 90.0 Å². The fourth-order valence-corrected chi connectivity index (χ4v) is 3.87. The van der Waals surface area contributed by atoms with Gasteiger partial charge in [0.05, 0.1) is 18.2 Å². The Morgan fingerprint density at radius 1 is 1.50 bits per heavy atom. The van der Waals surface area contributed by atoms with Crippen molar-refractivity contribution in [1.82, 2.24) is 0 Å². The van der Waals surface area contributed by atoms with Gasteiger partial charge in [-0.1, -0.05) is 11.6 Å². The summed E-state index contributed by atoms with van der Waals surface area (Å²) >= 11 is 9.33. The van der Waals surface area contributed by atoms with Crippen LogP contribution in [0.3, 0.4) is 0 Å². The average molecular weight is 469 g/mol. The first-order chi connectivity index (χ1) is 12.0. The largest absolute Gasteiger partial charge is 0.465 e. The third-order valence-corrected chi connectivity index (χ3v) is 7.43. The highest BCUT2D eigenvalue weighted by atomic mass is 79.9. The van der Waals surface area contributed by atoms with E-state index in [9.17, 15) is 18.0 Å². The van der Waals surface area contributed by atoms with Crippen LogP contribution in [0.4, 0.5) is 10.5 Å². The number of anilines is 1. The van der Waals surface area contributed by atoms with Crippen LogP contribution in [-0.2, 0) is 24.1 Å². The highest BCUT2D eigenvalue weighted by Crippen LogP contribution is 2.33. The first-order valence-electron chi connectivity index (χ1n) is 7.79. The van der Waals surface area contributed by atoms with Crippen LogP contribution >= 0.6 is 27.5 Å². The molecule has 0 aliphatic carbocycles. The molecule has 0 spiro atoms. The minimum atomic E-state index is -3.80. The van der Waals surface area contributed by atoms with E-state index in [2.05, 4.69) is 15.9 Å². The zero-order valence-electron chi connectivity index (χ0n) is 14.5. The van der Waals surface area contributed by atoms with Crippen molar-refractivity contribution in [3.63, 3.8) is 0 Å². The van der Waals surface area contributed by atoms with Gasteiger partial charge in [-0.25, -0.2) is 13.2 Å². The number of amides is 1. The highest BCUT2D eigenvalue weighted by molar-refractivity contribution is 9.10. The number of carbonyl (C=O) groups excluding carboxylic acids is 2. The monoisotopic (exact) mass is 467 g/mol. The molecule has 1 heterocycles. The van der Waals surface area contributed by atoms with E-state index in [0.717, 1.165) is 6.26 Å². The van der Waals surface area contributed by atoms with Crippen molar-refractivity contribution in [2.24, 2.45) is 0 Å². The van der Waals surface area contributed by atoms with Crippen LogP contribution in [0, 0.1) is 0 Å². The molecule has 1 amide bonds. The molecular formula is C16H19BrClNO6S. The minimum Gasteiger partial charge on any atom is -0.465 e. The smallest absolute Gasteiger partial charge is 0.414 e. The van der Waals surface area contributed by atoms with Crippen LogP contribution in [0.15, 0.2) is 22.7 Å². The zero-order chi connectivity index (χ0) is 19.7. The van der Waals surface area contributed by atoms with Gasteiger partial charge < -0.3 is 9.47 Å². The van der Waals surface area contributed by atoms with E-state index in [0.29, 0.717) is 15.2 Å². The van der Waals surface area contributed by atoms with Crippen molar-refractivity contribution < 1.29 is 27.5 Å². The van der Waals surface area contributed by atoms with Gasteiger partial charge in [-0.3, -0.25) is 9.69 Å². The molecular weight excluding hydrogens is 450 g/mol. The SMILES string of the molecule is CCOC(=O)C(C)(CC1CN(c2ccc(Br)c(Cl)c2)C(=O)O1)S(C)(=O)=O. The number of esters is 1. The molecule has 0 saturated carbocycles. The number of benzene rings is 1. The van der Waals surface area contributed by atoms with Crippen molar-refractivity contribution in [1.29, 1.82) is 0 Å². The lowest BCUT2D eigenvalue weighted by molar-refractivity contribution is -0.146. The molecule has 0 aromatic heterocycles. The van der Waals surface area contributed by atoms with E-state index in [1.54, 1.807) is 25.1 Å². The maximum Gasteiger partial charge on any atom is 0.414 e. The average Bonchev–Trinajstić information content (AvgIpc) is 2.89. The van der Waals surface area contributed by atoms with Gasteiger partial charge in [-0.2, -0.15) is 0 Å². The number of rotatable bonds is 6. The van der Waals surface area contributed by atoms with Gasteiger partial charge in [-0.05, 0) is 48.0 Å². The second-order valence-electron chi connectivity index (χ2n) is 6.14. The second kappa shape index (κ2) is 7.74. The van der Waals surface area contributed by atoms with E-state index in [-0.39, 0.29) is 19.6 Å². The molecule has 2 unspecified atom stereocenters. The molecule has 1 saturated heterocycles. The molecule has 144 valence electrons. The first-order valence-corrected chi connectivity index (χ1v) is 10.9. The van der Waals surface area contributed by atoms with Crippen molar-refractivity contribution >= 4 is 55.1 Å². The molecule has 0 bridgehead atoms. The Hall–Kier alpha value is -1.32. The van der Waals surface area contributed by atoms with Crippen LogP contribution in [0.1, 0.15) is 20.3 Å². The molecule has 2 rings (SSSR count). The predicted octanol–water partition coefficient (Wildman–Crippen LogP) is 3.18. The minimum absolute atomic E-state index is 0.0535. The van der Waals surface area contributed by atoms with E-state index in [1.165, 1.54) is 11.8 Å². The molecule has 1 aromatic carbocycles. The van der Waals surface area contributed by atoms with Crippen LogP contribution < -0.4 is 4.90 Å². The highest BCUT2D eigenvalue weighted by Gasteiger charge is 2.49. The van der Waals surface area contributed by atoms with Crippen molar-refractivity contribution in [2.45, 2.75) is 31.1 Å². The summed E-state index contributed by atoms with van der Waals surface area (Å²) in [6.07, 6.45) is -0.647. The first kappa shape index (κ1) is 21.0.